The van der Waals surface area contributed by atoms with Crippen LogP contribution in [0.2, 0.25) is 0 Å². The minimum absolute atomic E-state index is 0.0125. The molecule has 0 aliphatic heterocycles. The highest BCUT2D eigenvalue weighted by molar-refractivity contribution is 7.87. The molecule has 1 aromatic carbocycles. The van der Waals surface area contributed by atoms with Gasteiger partial charge in [0, 0.05) is 0 Å². The van der Waals surface area contributed by atoms with Gasteiger partial charge >= 0.3 is 10.3 Å². The van der Waals surface area contributed by atoms with Gasteiger partial charge in [0.2, 0.25) is 0 Å². The molecule has 2 rings (SSSR count). The van der Waals surface area contributed by atoms with Crippen LogP contribution in [-0.4, -0.2) is 33.5 Å². The first-order valence-electron chi connectivity index (χ1n) is 5.60. The van der Waals surface area contributed by atoms with Crippen molar-refractivity contribution >= 4 is 21.7 Å². The van der Waals surface area contributed by atoms with Crippen molar-refractivity contribution in [3.05, 3.63) is 42.2 Å². The van der Waals surface area contributed by atoms with Crippen molar-refractivity contribution in [2.75, 3.05) is 4.31 Å². The normalized spacial score (nSPS) is 12.9. The third-order valence-corrected chi connectivity index (χ3v) is 3.35. The molecule has 0 saturated carbocycles. The SMILES string of the molecule is CC(O)c1nnncc1N(c1ccccc1)S(=O)(=O)O. The number of benzene rings is 1. The molecule has 20 heavy (non-hydrogen) atoms. The quantitative estimate of drug-likeness (QED) is 0.804. The Balaban J connectivity index is 2.66. The smallest absolute Gasteiger partial charge is 0.364 e. The van der Waals surface area contributed by atoms with Crippen molar-refractivity contribution in [1.29, 1.82) is 0 Å². The summed E-state index contributed by atoms with van der Waals surface area (Å²) in [6.45, 7) is 1.40. The molecule has 0 radical (unpaired) electrons. The summed E-state index contributed by atoms with van der Waals surface area (Å²) in [6, 6.07) is 7.89. The van der Waals surface area contributed by atoms with Gasteiger partial charge in [-0.25, -0.2) is 4.31 Å². The summed E-state index contributed by atoms with van der Waals surface area (Å²) in [7, 11) is -4.61. The van der Waals surface area contributed by atoms with Crippen LogP contribution in [-0.2, 0) is 10.3 Å². The lowest BCUT2D eigenvalue weighted by Crippen LogP contribution is -2.27. The fourth-order valence-electron chi connectivity index (χ4n) is 1.69. The highest BCUT2D eigenvalue weighted by Gasteiger charge is 2.27. The molecule has 1 atom stereocenters. The van der Waals surface area contributed by atoms with E-state index in [2.05, 4.69) is 15.4 Å². The summed E-state index contributed by atoms with van der Waals surface area (Å²) in [5, 5.41) is 20.1. The Hall–Kier alpha value is -2.10. The number of hydrogen-bond donors (Lipinski definition) is 2. The molecule has 0 bridgehead atoms. The highest BCUT2D eigenvalue weighted by Crippen LogP contribution is 2.31. The predicted molar refractivity (Wildman–Crippen MR) is 70.6 cm³/mol. The molecular weight excluding hydrogens is 284 g/mol. The van der Waals surface area contributed by atoms with Gasteiger partial charge in [-0.15, -0.1) is 10.2 Å². The lowest BCUT2D eigenvalue weighted by Gasteiger charge is -2.22. The first kappa shape index (κ1) is 14.3. The second-order valence-corrected chi connectivity index (χ2v) is 5.22. The maximum Gasteiger partial charge on any atom is 0.364 e. The number of aliphatic hydroxyl groups excluding tert-OH is 1. The van der Waals surface area contributed by atoms with Crippen LogP contribution in [0.1, 0.15) is 18.7 Å². The first-order valence-corrected chi connectivity index (χ1v) is 7.00. The summed E-state index contributed by atoms with van der Waals surface area (Å²) >= 11 is 0. The Labute approximate surface area is 115 Å². The van der Waals surface area contributed by atoms with Crippen molar-refractivity contribution in [1.82, 2.24) is 15.4 Å². The molecule has 2 aromatic rings. The zero-order valence-corrected chi connectivity index (χ0v) is 11.3. The second kappa shape index (κ2) is 5.49. The molecule has 1 unspecified atom stereocenters. The maximum absolute atomic E-state index is 11.6. The van der Waals surface area contributed by atoms with E-state index in [9.17, 15) is 18.1 Å². The summed E-state index contributed by atoms with van der Waals surface area (Å²) in [6.07, 6.45) is 0.0315. The Morgan fingerprint density at radius 3 is 2.45 bits per heavy atom. The highest BCUT2D eigenvalue weighted by atomic mass is 32.2. The molecule has 0 aliphatic carbocycles. The van der Waals surface area contributed by atoms with Crippen molar-refractivity contribution in [2.45, 2.75) is 13.0 Å². The van der Waals surface area contributed by atoms with Crippen LogP contribution < -0.4 is 4.31 Å². The Bertz CT molecular complexity index is 691. The monoisotopic (exact) mass is 296 g/mol. The van der Waals surface area contributed by atoms with Gasteiger partial charge in [0.1, 0.15) is 11.4 Å². The molecule has 0 amide bonds. The minimum atomic E-state index is -4.61. The van der Waals surface area contributed by atoms with E-state index in [1.807, 2.05) is 0 Å². The van der Waals surface area contributed by atoms with Crippen molar-refractivity contribution < 1.29 is 18.1 Å². The van der Waals surface area contributed by atoms with E-state index in [1.165, 1.54) is 19.1 Å². The number of aliphatic hydroxyl groups is 1. The van der Waals surface area contributed by atoms with E-state index in [-0.39, 0.29) is 17.1 Å². The molecule has 106 valence electrons. The Morgan fingerprint density at radius 2 is 1.90 bits per heavy atom. The van der Waals surface area contributed by atoms with Gasteiger partial charge in [-0.3, -0.25) is 4.55 Å². The molecule has 1 heterocycles. The van der Waals surface area contributed by atoms with Crippen LogP contribution in [0.15, 0.2) is 36.5 Å². The van der Waals surface area contributed by atoms with Gasteiger partial charge in [-0.2, -0.15) is 8.42 Å². The van der Waals surface area contributed by atoms with Crippen LogP contribution in [0.4, 0.5) is 11.4 Å². The van der Waals surface area contributed by atoms with Gasteiger partial charge < -0.3 is 5.11 Å². The van der Waals surface area contributed by atoms with Gasteiger partial charge in [0.15, 0.2) is 0 Å². The number of rotatable bonds is 4. The lowest BCUT2D eigenvalue weighted by atomic mass is 10.2. The van der Waals surface area contributed by atoms with Crippen LogP contribution in [0, 0.1) is 0 Å². The number of aromatic nitrogens is 3. The molecule has 2 N–H and O–H groups in total. The van der Waals surface area contributed by atoms with E-state index in [4.69, 9.17) is 0 Å². The zero-order valence-electron chi connectivity index (χ0n) is 10.4. The standard InChI is InChI=1S/C11H12N4O4S/c1-8(16)11-10(7-12-14-13-11)15(20(17,18)19)9-5-3-2-4-6-9/h2-8,16H,1H3,(H,17,18,19). The van der Waals surface area contributed by atoms with Gasteiger partial charge in [0.25, 0.3) is 0 Å². The van der Waals surface area contributed by atoms with Gasteiger partial charge in [-0.1, -0.05) is 18.2 Å². The van der Waals surface area contributed by atoms with E-state index in [0.717, 1.165) is 6.20 Å². The molecule has 0 aliphatic rings. The average molecular weight is 296 g/mol. The van der Waals surface area contributed by atoms with E-state index >= 15 is 0 Å². The molecule has 0 fully saturated rings. The molecule has 0 saturated heterocycles. The van der Waals surface area contributed by atoms with Crippen LogP contribution in [0.3, 0.4) is 0 Å². The number of hydrogen-bond acceptors (Lipinski definition) is 6. The largest absolute Gasteiger partial charge is 0.387 e. The first-order chi connectivity index (χ1) is 9.41. The molecular formula is C11H12N4O4S. The molecule has 0 spiro atoms. The summed E-state index contributed by atoms with van der Waals surface area (Å²) in [4.78, 5) is 0. The molecule has 1 aromatic heterocycles. The summed E-state index contributed by atoms with van der Waals surface area (Å²) in [5.74, 6) is 0. The number of anilines is 2. The van der Waals surface area contributed by atoms with Gasteiger partial charge in [0.05, 0.1) is 18.0 Å². The Kier molecular flexibility index (Phi) is 3.93. The van der Waals surface area contributed by atoms with Crippen molar-refractivity contribution in [3.63, 3.8) is 0 Å². The fourth-order valence-corrected chi connectivity index (χ4v) is 2.46. The maximum atomic E-state index is 11.6. The van der Waals surface area contributed by atoms with Crippen molar-refractivity contribution in [2.24, 2.45) is 0 Å². The van der Waals surface area contributed by atoms with E-state index < -0.39 is 16.4 Å². The minimum Gasteiger partial charge on any atom is -0.387 e. The summed E-state index contributed by atoms with van der Waals surface area (Å²) < 4.78 is 33.3. The average Bonchev–Trinajstić information content (AvgIpc) is 2.39. The van der Waals surface area contributed by atoms with Crippen LogP contribution in [0.25, 0.3) is 0 Å². The second-order valence-electron chi connectivity index (χ2n) is 3.96. The Morgan fingerprint density at radius 1 is 1.25 bits per heavy atom. The summed E-state index contributed by atoms with van der Waals surface area (Å²) in [5.41, 5.74) is 0.108. The van der Waals surface area contributed by atoms with Gasteiger partial charge in [-0.05, 0) is 24.3 Å². The van der Waals surface area contributed by atoms with Crippen LogP contribution in [0.5, 0.6) is 0 Å². The fraction of sp³-hybridized carbons (Fsp3) is 0.182. The third kappa shape index (κ3) is 2.90. The third-order valence-electron chi connectivity index (χ3n) is 2.48. The molecule has 9 heteroatoms. The predicted octanol–water partition coefficient (Wildman–Crippen LogP) is 0.866. The number of para-hydroxylation sites is 1. The van der Waals surface area contributed by atoms with Crippen molar-refractivity contribution in [3.8, 4) is 0 Å². The lowest BCUT2D eigenvalue weighted by molar-refractivity contribution is 0.193. The number of nitrogens with zero attached hydrogens (tertiary/aromatic N) is 4. The topological polar surface area (TPSA) is 117 Å². The van der Waals surface area contributed by atoms with E-state index in [1.54, 1.807) is 18.2 Å². The molecule has 8 nitrogen and oxygen atoms in total. The zero-order chi connectivity index (χ0) is 14.8. The van der Waals surface area contributed by atoms with Crippen LogP contribution >= 0.6 is 0 Å². The van der Waals surface area contributed by atoms with E-state index in [0.29, 0.717) is 4.31 Å².